The molecule has 24 rings (SSSR count). The zero-order chi connectivity index (χ0) is 75.2. The van der Waals surface area contributed by atoms with Crippen molar-refractivity contribution in [3.8, 4) is 102 Å². The first-order valence-electron chi connectivity index (χ1n) is 38.2. The molecule has 114 heavy (non-hydrogen) atoms. The van der Waals surface area contributed by atoms with Crippen molar-refractivity contribution >= 4 is 141 Å². The lowest BCUT2D eigenvalue weighted by molar-refractivity contribution is 1.07. The average Bonchev–Trinajstić information content (AvgIpc) is 1.55. The number of aromatic nitrogens is 7. The van der Waals surface area contributed by atoms with Crippen molar-refractivity contribution in [2.45, 2.75) is 0 Å². The molecule has 0 aliphatic rings. The Morgan fingerprint density at radius 3 is 0.711 bits per heavy atom. The molecule has 0 spiro atoms. The number of hydrogen-bond donors (Lipinski definition) is 0. The van der Waals surface area contributed by atoms with Gasteiger partial charge >= 0.3 is 0 Å². The van der Waals surface area contributed by atoms with E-state index in [9.17, 15) is 0 Å². The van der Waals surface area contributed by atoms with E-state index in [2.05, 4.69) is 268 Å². The van der Waals surface area contributed by atoms with E-state index in [1.807, 2.05) is 109 Å². The quantitative estimate of drug-likeness (QED) is 0.101. The minimum atomic E-state index is 0.645. The van der Waals surface area contributed by atoms with E-state index in [4.69, 9.17) is 38.1 Å². The van der Waals surface area contributed by atoms with Crippen LogP contribution in [0, 0.1) is 13.1 Å². The summed E-state index contributed by atoms with van der Waals surface area (Å²) in [7, 11) is 0. The molecule has 4 heterocycles. The zero-order valence-corrected chi connectivity index (χ0v) is 61.1. The first kappa shape index (κ1) is 64.2. The minimum Gasteiger partial charge on any atom is -0.310 e. The van der Waals surface area contributed by atoms with Crippen LogP contribution in [0.5, 0.6) is 0 Å². The van der Waals surface area contributed by atoms with Gasteiger partial charge in [0.05, 0.1) is 35.6 Å². The van der Waals surface area contributed by atoms with Crippen molar-refractivity contribution in [1.82, 2.24) is 34.1 Å². The van der Waals surface area contributed by atoms with Crippen LogP contribution in [0.4, 0.5) is 11.4 Å². The Hall–Kier alpha value is -15.8. The largest absolute Gasteiger partial charge is 0.310 e. The van der Waals surface area contributed by atoms with Gasteiger partial charge in [0, 0.05) is 77.3 Å². The van der Waals surface area contributed by atoms with E-state index in [1.165, 1.54) is 91.7 Å². The summed E-state index contributed by atoms with van der Waals surface area (Å²) in [6.07, 6.45) is 0. The highest BCUT2D eigenvalue weighted by Crippen LogP contribution is 2.49. The van der Waals surface area contributed by atoms with Crippen LogP contribution in [-0.2, 0) is 0 Å². The number of para-hydroxylation sites is 2. The van der Waals surface area contributed by atoms with Crippen LogP contribution >= 0.6 is 0 Å². The molecular formula is C105H59N9. The fraction of sp³-hybridized carbons (Fsp3) is 0. The summed E-state index contributed by atoms with van der Waals surface area (Å²) < 4.78 is 4.65. The Labute approximate surface area is 653 Å². The summed E-state index contributed by atoms with van der Waals surface area (Å²) in [5.41, 5.74) is 20.3. The molecule has 4 aromatic heterocycles. The van der Waals surface area contributed by atoms with Gasteiger partial charge in [0.1, 0.15) is 0 Å². The second-order valence-corrected chi connectivity index (χ2v) is 29.7. The Morgan fingerprint density at radius 2 is 0.412 bits per heavy atom. The molecule has 0 radical (unpaired) electrons. The predicted octanol–water partition coefficient (Wildman–Crippen LogP) is 28.0. The summed E-state index contributed by atoms with van der Waals surface area (Å²) in [5.74, 6) is 2.66. The third-order valence-electron chi connectivity index (χ3n) is 23.0. The molecule has 0 saturated carbocycles. The van der Waals surface area contributed by atoms with E-state index in [0.717, 1.165) is 116 Å². The lowest BCUT2D eigenvalue weighted by atomic mass is 9.89. The van der Waals surface area contributed by atoms with E-state index in [1.54, 1.807) is 0 Å². The average molecular weight is 1450 g/mol. The van der Waals surface area contributed by atoms with E-state index in [0.29, 0.717) is 34.7 Å². The van der Waals surface area contributed by atoms with Crippen molar-refractivity contribution in [2.24, 2.45) is 0 Å². The van der Waals surface area contributed by atoms with Gasteiger partial charge in [-0.25, -0.2) is 34.6 Å². The normalized spacial score (nSPS) is 11.8. The first-order valence-corrected chi connectivity index (χ1v) is 38.2. The maximum absolute atomic E-state index is 7.83. The van der Waals surface area contributed by atoms with Gasteiger partial charge < -0.3 is 9.13 Å². The van der Waals surface area contributed by atoms with Crippen LogP contribution in [-0.4, -0.2) is 34.1 Å². The molecule has 0 aliphatic heterocycles. The fourth-order valence-electron chi connectivity index (χ4n) is 18.0. The number of rotatable bonds is 10. The molecule has 0 amide bonds. The van der Waals surface area contributed by atoms with E-state index in [-0.39, 0.29) is 0 Å². The molecule has 20 aromatic carbocycles. The third kappa shape index (κ3) is 10.4. The van der Waals surface area contributed by atoms with Crippen molar-refractivity contribution < 1.29 is 0 Å². The standard InChI is InChI=1S/C53H30N4.C52H29N5/c1-54-43-28-39-22-21-38-25-41(29-47-51(38)52(39)48(30-43)57(47)44-15-9-4-10-16-44)40-23-34-17-19-36-26-42(27-37-20-18-35(24-40)49(34)50(36)37)53-55-45(32-11-5-2-6-12-32)31-46(56-53)33-13-7-3-8-14-33;1-53-42-28-38-22-21-37-25-40(29-44-48(37)49(38)45(30-42)57(44)43-15-9-4-10-16-43)39-23-33-17-19-35-26-41(27-36-20-18-34(24-39)46(33)47(35)36)52-55-50(31-11-5-2-6-12-31)54-51(56-52)32-13-7-3-8-14-32/h2-31H;2-30H. The fourth-order valence-corrected chi connectivity index (χ4v) is 18.0. The molecule has 0 saturated heterocycles. The molecule has 9 nitrogen and oxygen atoms in total. The van der Waals surface area contributed by atoms with E-state index >= 15 is 0 Å². The van der Waals surface area contributed by atoms with Crippen molar-refractivity contribution in [3.63, 3.8) is 0 Å². The van der Waals surface area contributed by atoms with Gasteiger partial charge in [-0.15, -0.1) is 0 Å². The molecule has 524 valence electrons. The van der Waals surface area contributed by atoms with Gasteiger partial charge in [-0.1, -0.05) is 231 Å². The molecular weight excluding hydrogens is 1390 g/mol. The lowest BCUT2D eigenvalue weighted by Crippen LogP contribution is -2.00. The van der Waals surface area contributed by atoms with Crippen LogP contribution in [0.2, 0.25) is 0 Å². The summed E-state index contributed by atoms with van der Waals surface area (Å²) in [6.45, 7) is 15.6. The van der Waals surface area contributed by atoms with Crippen LogP contribution in [0.1, 0.15) is 0 Å². The van der Waals surface area contributed by atoms with Crippen LogP contribution in [0.15, 0.2) is 358 Å². The topological polar surface area (TPSA) is 83.0 Å². The highest BCUT2D eigenvalue weighted by molar-refractivity contribution is 6.30. The Balaban J connectivity index is 0.000000135. The maximum Gasteiger partial charge on any atom is 0.189 e. The van der Waals surface area contributed by atoms with Crippen LogP contribution in [0.3, 0.4) is 0 Å². The van der Waals surface area contributed by atoms with Gasteiger partial charge in [0.15, 0.2) is 34.7 Å². The Morgan fingerprint density at radius 1 is 0.184 bits per heavy atom. The minimum absolute atomic E-state index is 0.645. The third-order valence-corrected chi connectivity index (χ3v) is 23.0. The predicted molar refractivity (Wildman–Crippen MR) is 471 cm³/mol. The van der Waals surface area contributed by atoms with Crippen LogP contribution < -0.4 is 0 Å². The molecule has 0 fully saturated rings. The second-order valence-electron chi connectivity index (χ2n) is 29.7. The highest BCUT2D eigenvalue weighted by atomic mass is 15.0. The molecule has 0 bridgehead atoms. The summed E-state index contributed by atoms with van der Waals surface area (Å²) in [6, 6.07) is 126. The second kappa shape index (κ2) is 25.4. The Bertz CT molecular complexity index is 7360. The van der Waals surface area contributed by atoms with Crippen molar-refractivity contribution in [3.05, 3.63) is 381 Å². The van der Waals surface area contributed by atoms with Gasteiger partial charge in [-0.2, -0.15) is 0 Å². The lowest BCUT2D eigenvalue weighted by Gasteiger charge is -2.15. The summed E-state index contributed by atoms with van der Waals surface area (Å²) >= 11 is 0. The highest BCUT2D eigenvalue weighted by Gasteiger charge is 2.25. The zero-order valence-electron chi connectivity index (χ0n) is 61.1. The molecule has 0 aliphatic carbocycles. The SMILES string of the molecule is [C-]#[N+]c1cc2ccc3cc(-c4cc5ccc6cc(-c7nc(-c8ccccc8)cc(-c8ccccc8)n7)cc7ccc(c4)c5c67)cc4c3c2c(c1)n4-c1ccccc1.[C-]#[N+]c1cc2ccc3cc(-c4cc5ccc6cc(-c7nc(-c8ccccc8)nc(-c8ccccc8)n7)cc7ccc(c4)c5c67)cc4c3c2c(c1)n4-c1ccccc1. The first-order chi connectivity index (χ1) is 56.3. The molecule has 0 N–H and O–H groups in total. The van der Waals surface area contributed by atoms with E-state index < -0.39 is 0 Å². The summed E-state index contributed by atoms with van der Waals surface area (Å²) in [5, 5.41) is 23.9. The Kier molecular flexibility index (Phi) is 14.3. The molecule has 0 atom stereocenters. The molecule has 0 unspecified atom stereocenters. The smallest absolute Gasteiger partial charge is 0.189 e. The molecule has 24 aromatic rings. The van der Waals surface area contributed by atoms with Crippen LogP contribution in [0.25, 0.3) is 241 Å². The number of hydrogen-bond acceptors (Lipinski definition) is 5. The number of benzene rings is 20. The van der Waals surface area contributed by atoms with Crippen molar-refractivity contribution in [1.29, 1.82) is 0 Å². The van der Waals surface area contributed by atoms with Crippen molar-refractivity contribution in [2.75, 3.05) is 0 Å². The van der Waals surface area contributed by atoms with Gasteiger partial charge in [0.2, 0.25) is 0 Å². The maximum atomic E-state index is 7.83. The summed E-state index contributed by atoms with van der Waals surface area (Å²) in [4.78, 5) is 32.9. The van der Waals surface area contributed by atoms with Gasteiger partial charge in [0.25, 0.3) is 0 Å². The molecule has 9 heteroatoms. The van der Waals surface area contributed by atoms with Gasteiger partial charge in [-0.3, -0.25) is 0 Å². The van der Waals surface area contributed by atoms with Gasteiger partial charge in [-0.05, 0) is 236 Å². The monoisotopic (exact) mass is 1450 g/mol. The number of nitrogens with zero attached hydrogens (tertiary/aromatic N) is 9.